The summed E-state index contributed by atoms with van der Waals surface area (Å²) in [4.78, 5) is 14.6. The zero-order chi connectivity index (χ0) is 14.4. The summed E-state index contributed by atoms with van der Waals surface area (Å²) >= 11 is 1.31. The molecular formula is C15H16N4OS. The largest absolute Gasteiger partial charge is 0.382 e. The van der Waals surface area contributed by atoms with Crippen LogP contribution in [0.5, 0.6) is 0 Å². The number of anilines is 2. The van der Waals surface area contributed by atoms with Crippen LogP contribution in [0.1, 0.15) is 34.3 Å². The number of hydrogen-bond acceptors (Lipinski definition) is 5. The molecule has 5 nitrogen and oxygen atoms in total. The first-order chi connectivity index (χ1) is 10.2. The minimum absolute atomic E-state index is 0.0882. The second kappa shape index (κ2) is 4.73. The Bertz CT molecular complexity index is 682. The standard InChI is InChI=1S/C15H16N4OS/c16-13-12(14(20)17-11-5-6-11)15(21-18-13)19-7-9-3-1-2-4-10(9)8-19/h1-4,11H,5-8H2,(H2,16,18)(H,17,20). The minimum Gasteiger partial charge on any atom is -0.382 e. The van der Waals surface area contributed by atoms with Gasteiger partial charge in [0.25, 0.3) is 5.91 Å². The fourth-order valence-electron chi connectivity index (χ4n) is 2.68. The molecule has 4 rings (SSSR count). The number of nitrogens with two attached hydrogens (primary N) is 1. The third-order valence-corrected chi connectivity index (χ3v) is 4.89. The van der Waals surface area contributed by atoms with E-state index in [1.165, 1.54) is 22.7 Å². The highest BCUT2D eigenvalue weighted by Gasteiger charge is 2.30. The highest BCUT2D eigenvalue weighted by Crippen LogP contribution is 2.36. The zero-order valence-electron chi connectivity index (χ0n) is 11.5. The van der Waals surface area contributed by atoms with Crippen LogP contribution < -0.4 is 16.0 Å². The van der Waals surface area contributed by atoms with Crippen molar-refractivity contribution in [1.82, 2.24) is 9.69 Å². The van der Waals surface area contributed by atoms with Crippen molar-refractivity contribution in [1.29, 1.82) is 0 Å². The number of nitrogens with one attached hydrogen (secondary N) is 1. The van der Waals surface area contributed by atoms with Crippen molar-refractivity contribution in [2.75, 3.05) is 10.6 Å². The van der Waals surface area contributed by atoms with Crippen molar-refractivity contribution in [2.24, 2.45) is 0 Å². The van der Waals surface area contributed by atoms with Gasteiger partial charge in [0.1, 0.15) is 10.6 Å². The molecule has 1 amide bonds. The van der Waals surface area contributed by atoms with Gasteiger partial charge in [-0.1, -0.05) is 24.3 Å². The molecule has 1 aromatic carbocycles. The first-order valence-electron chi connectivity index (χ1n) is 7.10. The number of carbonyl (C=O) groups excluding carboxylic acids is 1. The lowest BCUT2D eigenvalue weighted by atomic mass is 10.1. The van der Waals surface area contributed by atoms with Gasteiger partial charge in [-0.3, -0.25) is 4.79 Å². The average molecular weight is 300 g/mol. The molecule has 1 aliphatic heterocycles. The number of nitrogens with zero attached hydrogens (tertiary/aromatic N) is 2. The van der Waals surface area contributed by atoms with Crippen LogP contribution in [-0.2, 0) is 13.1 Å². The predicted octanol–water partition coefficient (Wildman–Crippen LogP) is 2.14. The maximum Gasteiger partial charge on any atom is 0.258 e. The summed E-state index contributed by atoms with van der Waals surface area (Å²) in [6.07, 6.45) is 2.13. The van der Waals surface area contributed by atoms with Gasteiger partial charge in [-0.25, -0.2) is 0 Å². The van der Waals surface area contributed by atoms with E-state index < -0.39 is 0 Å². The first-order valence-corrected chi connectivity index (χ1v) is 7.87. The number of benzene rings is 1. The van der Waals surface area contributed by atoms with Gasteiger partial charge in [-0.2, -0.15) is 4.37 Å². The molecule has 1 aromatic heterocycles. The molecule has 0 atom stereocenters. The van der Waals surface area contributed by atoms with E-state index in [2.05, 4.69) is 26.7 Å². The number of rotatable bonds is 3. The number of aromatic nitrogens is 1. The van der Waals surface area contributed by atoms with Gasteiger partial charge in [-0.05, 0) is 35.5 Å². The van der Waals surface area contributed by atoms with Gasteiger partial charge in [0.15, 0.2) is 5.82 Å². The van der Waals surface area contributed by atoms with Gasteiger partial charge in [0.05, 0.1) is 0 Å². The van der Waals surface area contributed by atoms with Gasteiger partial charge >= 0.3 is 0 Å². The summed E-state index contributed by atoms with van der Waals surface area (Å²) in [5.41, 5.74) is 9.07. The van der Waals surface area contributed by atoms with E-state index in [-0.39, 0.29) is 5.91 Å². The Morgan fingerprint density at radius 3 is 2.57 bits per heavy atom. The van der Waals surface area contributed by atoms with Crippen molar-refractivity contribution in [3.05, 3.63) is 41.0 Å². The summed E-state index contributed by atoms with van der Waals surface area (Å²) < 4.78 is 4.19. The summed E-state index contributed by atoms with van der Waals surface area (Å²) in [5.74, 6) is 0.249. The van der Waals surface area contributed by atoms with E-state index in [4.69, 9.17) is 5.73 Å². The molecule has 0 radical (unpaired) electrons. The van der Waals surface area contributed by atoms with Crippen molar-refractivity contribution in [3.8, 4) is 0 Å². The molecule has 1 saturated carbocycles. The maximum absolute atomic E-state index is 12.4. The Hall–Kier alpha value is -2.08. The highest BCUT2D eigenvalue weighted by atomic mass is 32.1. The van der Waals surface area contributed by atoms with E-state index in [0.717, 1.165) is 30.9 Å². The second-order valence-corrected chi connectivity index (χ2v) is 6.37. The molecule has 6 heteroatoms. The lowest BCUT2D eigenvalue weighted by Gasteiger charge is -2.16. The quantitative estimate of drug-likeness (QED) is 0.911. The number of hydrogen-bond donors (Lipinski definition) is 2. The number of amides is 1. The molecule has 2 heterocycles. The molecule has 0 saturated heterocycles. The maximum atomic E-state index is 12.4. The Balaban J connectivity index is 1.63. The second-order valence-electron chi connectivity index (χ2n) is 5.62. The topological polar surface area (TPSA) is 71.2 Å². The molecule has 0 spiro atoms. The number of nitrogen functional groups attached to an aromatic ring is 1. The molecular weight excluding hydrogens is 284 g/mol. The predicted molar refractivity (Wildman–Crippen MR) is 83.3 cm³/mol. The van der Waals surface area contributed by atoms with Crippen LogP contribution in [0.25, 0.3) is 0 Å². The van der Waals surface area contributed by atoms with Crippen LogP contribution in [0.2, 0.25) is 0 Å². The third-order valence-electron chi connectivity index (χ3n) is 3.97. The van der Waals surface area contributed by atoms with Crippen LogP contribution in [0.3, 0.4) is 0 Å². The summed E-state index contributed by atoms with van der Waals surface area (Å²) in [6.45, 7) is 1.61. The Morgan fingerprint density at radius 1 is 1.29 bits per heavy atom. The van der Waals surface area contributed by atoms with Crippen LogP contribution in [0.4, 0.5) is 10.8 Å². The van der Waals surface area contributed by atoms with Crippen LogP contribution in [0.15, 0.2) is 24.3 Å². The van der Waals surface area contributed by atoms with E-state index in [1.807, 2.05) is 12.1 Å². The molecule has 0 unspecified atom stereocenters. The fraction of sp³-hybridized carbons (Fsp3) is 0.333. The Morgan fingerprint density at radius 2 is 1.95 bits per heavy atom. The van der Waals surface area contributed by atoms with Crippen LogP contribution in [-0.4, -0.2) is 16.3 Å². The van der Waals surface area contributed by atoms with E-state index in [9.17, 15) is 4.79 Å². The van der Waals surface area contributed by atoms with Gasteiger partial charge in [0, 0.05) is 19.1 Å². The van der Waals surface area contributed by atoms with Gasteiger partial charge in [-0.15, -0.1) is 0 Å². The molecule has 2 aliphatic rings. The van der Waals surface area contributed by atoms with Gasteiger partial charge in [0.2, 0.25) is 0 Å². The lowest BCUT2D eigenvalue weighted by Crippen LogP contribution is -2.28. The SMILES string of the molecule is Nc1nsc(N2Cc3ccccc3C2)c1C(=O)NC1CC1. The van der Waals surface area contributed by atoms with Crippen molar-refractivity contribution < 1.29 is 4.79 Å². The molecule has 0 bridgehead atoms. The van der Waals surface area contributed by atoms with Crippen molar-refractivity contribution >= 4 is 28.3 Å². The average Bonchev–Trinajstić information content (AvgIpc) is 3.04. The monoisotopic (exact) mass is 300 g/mol. The minimum atomic E-state index is -0.0882. The first kappa shape index (κ1) is 12.6. The van der Waals surface area contributed by atoms with E-state index in [0.29, 0.717) is 17.4 Å². The molecule has 2 aromatic rings. The third kappa shape index (κ3) is 2.25. The summed E-state index contributed by atoms with van der Waals surface area (Å²) in [6, 6.07) is 8.67. The lowest BCUT2D eigenvalue weighted by molar-refractivity contribution is 0.0952. The number of fused-ring (bicyclic) bond motifs is 1. The molecule has 1 aliphatic carbocycles. The van der Waals surface area contributed by atoms with Crippen molar-refractivity contribution in [3.63, 3.8) is 0 Å². The molecule has 21 heavy (non-hydrogen) atoms. The van der Waals surface area contributed by atoms with Crippen molar-refractivity contribution in [2.45, 2.75) is 32.0 Å². The molecule has 1 fully saturated rings. The van der Waals surface area contributed by atoms with Gasteiger partial charge < -0.3 is 16.0 Å². The van der Waals surface area contributed by atoms with Crippen LogP contribution >= 0.6 is 11.5 Å². The fourth-order valence-corrected chi connectivity index (χ4v) is 3.49. The Labute approximate surface area is 126 Å². The summed E-state index contributed by atoms with van der Waals surface area (Å²) in [7, 11) is 0. The highest BCUT2D eigenvalue weighted by molar-refractivity contribution is 7.11. The Kier molecular flexibility index (Phi) is 2.85. The van der Waals surface area contributed by atoms with E-state index >= 15 is 0 Å². The molecule has 3 N–H and O–H groups in total. The molecule has 108 valence electrons. The zero-order valence-corrected chi connectivity index (χ0v) is 12.3. The summed E-state index contributed by atoms with van der Waals surface area (Å²) in [5, 5.41) is 3.88. The number of carbonyl (C=O) groups is 1. The normalized spacial score (nSPS) is 16.9. The van der Waals surface area contributed by atoms with Crippen LogP contribution in [0, 0.1) is 0 Å². The smallest absolute Gasteiger partial charge is 0.258 e. The van der Waals surface area contributed by atoms with E-state index in [1.54, 1.807) is 0 Å².